The summed E-state index contributed by atoms with van der Waals surface area (Å²) in [5.74, 6) is -0.355. The molecule has 0 aromatic carbocycles. The van der Waals surface area contributed by atoms with Crippen molar-refractivity contribution >= 4 is 34.5 Å². The van der Waals surface area contributed by atoms with Crippen molar-refractivity contribution in [1.29, 1.82) is 0 Å². The molecule has 5 rings (SSSR count). The molecular weight excluding hydrogens is 448 g/mol. The summed E-state index contributed by atoms with van der Waals surface area (Å²) in [6.07, 6.45) is 2.97. The predicted octanol–water partition coefficient (Wildman–Crippen LogP) is 1.46. The molecule has 3 aromatic rings. The molecule has 4 N–H and O–H groups in total. The van der Waals surface area contributed by atoms with Gasteiger partial charge in [-0.25, -0.2) is 9.97 Å². The number of hydrogen-bond donors (Lipinski definition) is 3. The van der Waals surface area contributed by atoms with Crippen molar-refractivity contribution in [2.24, 2.45) is 5.73 Å². The highest BCUT2D eigenvalue weighted by molar-refractivity contribution is 7.14. The third-order valence-corrected chi connectivity index (χ3v) is 7.61. The number of thiazole rings is 2. The van der Waals surface area contributed by atoms with Crippen LogP contribution >= 0.6 is 22.7 Å². The lowest BCUT2D eigenvalue weighted by molar-refractivity contribution is 0.0946. The second-order valence-corrected chi connectivity index (χ2v) is 9.78. The molecule has 2 aliphatic rings. The van der Waals surface area contributed by atoms with Gasteiger partial charge in [-0.15, -0.1) is 22.7 Å². The first kappa shape index (κ1) is 21.0. The highest BCUT2D eigenvalue weighted by atomic mass is 32.1. The smallest absolute Gasteiger partial charge is 0.270 e. The van der Waals surface area contributed by atoms with Gasteiger partial charge in [-0.3, -0.25) is 14.4 Å². The van der Waals surface area contributed by atoms with Gasteiger partial charge in [-0.2, -0.15) is 0 Å². The summed E-state index contributed by atoms with van der Waals surface area (Å²) in [6, 6.07) is 1.61. The molecule has 1 aliphatic carbocycles. The van der Waals surface area contributed by atoms with E-state index in [1.807, 2.05) is 5.38 Å². The third kappa shape index (κ3) is 3.46. The molecule has 32 heavy (non-hydrogen) atoms. The van der Waals surface area contributed by atoms with Gasteiger partial charge in [-0.1, -0.05) is 0 Å². The standard InChI is InChI=1S/C21H22N6O3S2/c1-23-18(29)12-9-32-20(25-12)13-10-31-15(24-13)8-27-14(3-2-6-22)17-11(7-16(27)28)21(4-5-21)26-19(17)30/h7,9-10H,2-6,8,22H2,1H3,(H,23,29)(H,26,30). The number of rotatable bonds is 7. The van der Waals surface area contributed by atoms with E-state index in [-0.39, 0.29) is 29.5 Å². The van der Waals surface area contributed by atoms with Crippen LogP contribution in [0.5, 0.6) is 0 Å². The highest BCUT2D eigenvalue weighted by Crippen LogP contribution is 2.50. The molecule has 0 saturated heterocycles. The van der Waals surface area contributed by atoms with Gasteiger partial charge in [0, 0.05) is 29.6 Å². The van der Waals surface area contributed by atoms with Crippen LogP contribution in [0.3, 0.4) is 0 Å². The number of nitrogens with two attached hydrogens (primary N) is 1. The van der Waals surface area contributed by atoms with E-state index in [1.165, 1.54) is 22.7 Å². The summed E-state index contributed by atoms with van der Waals surface area (Å²) in [5.41, 5.74) is 8.46. The van der Waals surface area contributed by atoms with Crippen LogP contribution in [-0.2, 0) is 18.5 Å². The van der Waals surface area contributed by atoms with Crippen LogP contribution in [0.2, 0.25) is 0 Å². The van der Waals surface area contributed by atoms with E-state index in [0.717, 1.165) is 29.1 Å². The van der Waals surface area contributed by atoms with E-state index in [1.54, 1.807) is 23.1 Å². The molecule has 2 amide bonds. The molecule has 4 heterocycles. The molecule has 11 heteroatoms. The minimum atomic E-state index is -0.343. The zero-order valence-electron chi connectivity index (χ0n) is 17.4. The molecule has 0 bridgehead atoms. The number of nitrogens with one attached hydrogen (secondary N) is 2. The second-order valence-electron chi connectivity index (χ2n) is 7.98. The molecule has 0 atom stereocenters. The summed E-state index contributed by atoms with van der Waals surface area (Å²) in [5, 5.41) is 10.6. The van der Waals surface area contributed by atoms with Crippen LogP contribution in [0.4, 0.5) is 0 Å². The lowest BCUT2D eigenvalue weighted by Gasteiger charge is -2.16. The second kappa shape index (κ2) is 7.91. The first-order chi connectivity index (χ1) is 15.5. The van der Waals surface area contributed by atoms with Gasteiger partial charge in [0.25, 0.3) is 17.4 Å². The fourth-order valence-electron chi connectivity index (χ4n) is 4.14. The largest absolute Gasteiger partial charge is 0.354 e. The number of nitrogens with zero attached hydrogens (tertiary/aromatic N) is 3. The van der Waals surface area contributed by atoms with Crippen LogP contribution in [-0.4, -0.2) is 39.9 Å². The normalized spacial score (nSPS) is 15.6. The maximum Gasteiger partial charge on any atom is 0.270 e. The Balaban J connectivity index is 1.49. The first-order valence-corrected chi connectivity index (χ1v) is 12.1. The van der Waals surface area contributed by atoms with Gasteiger partial charge in [0.05, 0.1) is 17.6 Å². The van der Waals surface area contributed by atoms with Gasteiger partial charge in [0.2, 0.25) is 0 Å². The van der Waals surface area contributed by atoms with Crippen molar-refractivity contribution in [3.63, 3.8) is 0 Å². The molecule has 0 unspecified atom stereocenters. The third-order valence-electron chi connectivity index (χ3n) is 5.91. The maximum absolute atomic E-state index is 13.1. The topological polar surface area (TPSA) is 132 Å². The molecule has 1 saturated carbocycles. The van der Waals surface area contributed by atoms with Gasteiger partial charge >= 0.3 is 0 Å². The van der Waals surface area contributed by atoms with E-state index in [0.29, 0.717) is 41.3 Å². The summed E-state index contributed by atoms with van der Waals surface area (Å²) in [6.45, 7) is 0.744. The summed E-state index contributed by atoms with van der Waals surface area (Å²) < 4.78 is 1.65. The Hall–Kier alpha value is -2.89. The number of amides is 2. The van der Waals surface area contributed by atoms with Crippen molar-refractivity contribution in [1.82, 2.24) is 25.2 Å². The molecule has 3 aromatic heterocycles. The van der Waals surface area contributed by atoms with Crippen molar-refractivity contribution < 1.29 is 9.59 Å². The van der Waals surface area contributed by atoms with Gasteiger partial charge < -0.3 is 20.9 Å². The van der Waals surface area contributed by atoms with E-state index in [4.69, 9.17) is 5.73 Å². The first-order valence-electron chi connectivity index (χ1n) is 10.4. The van der Waals surface area contributed by atoms with Gasteiger partial charge in [0.15, 0.2) is 0 Å². The highest BCUT2D eigenvalue weighted by Gasteiger charge is 2.53. The quantitative estimate of drug-likeness (QED) is 0.479. The van der Waals surface area contributed by atoms with Crippen molar-refractivity contribution in [3.05, 3.63) is 54.7 Å². The Morgan fingerprint density at radius 2 is 2.09 bits per heavy atom. The predicted molar refractivity (Wildman–Crippen MR) is 122 cm³/mol. The Labute approximate surface area is 191 Å². The molecule has 1 fully saturated rings. The van der Waals surface area contributed by atoms with Crippen LogP contribution in [0.25, 0.3) is 10.7 Å². The Bertz CT molecular complexity index is 1290. The molecule has 9 nitrogen and oxygen atoms in total. The summed E-state index contributed by atoms with van der Waals surface area (Å²) in [4.78, 5) is 46.6. The molecule has 0 radical (unpaired) electrons. The molecule has 1 aliphatic heterocycles. The number of pyridine rings is 1. The number of carbonyl (C=O) groups is 2. The Kier molecular flexibility index (Phi) is 5.19. The Morgan fingerprint density at radius 1 is 1.28 bits per heavy atom. The zero-order chi connectivity index (χ0) is 22.5. The summed E-state index contributed by atoms with van der Waals surface area (Å²) in [7, 11) is 1.56. The minimum Gasteiger partial charge on any atom is -0.354 e. The fourth-order valence-corrected chi connectivity index (χ4v) is 5.74. The monoisotopic (exact) mass is 470 g/mol. The SMILES string of the molecule is CNC(=O)c1csc(-c2csc(Cn3c(CCCN)c4c(cc3=O)C3(CC3)NC4=O)n2)n1. The Morgan fingerprint density at radius 3 is 2.81 bits per heavy atom. The van der Waals surface area contributed by atoms with Crippen LogP contribution in [0.1, 0.15) is 56.4 Å². The molecular formula is C21H22N6O3S2. The minimum absolute atomic E-state index is 0.109. The van der Waals surface area contributed by atoms with Crippen molar-refractivity contribution in [2.75, 3.05) is 13.6 Å². The van der Waals surface area contributed by atoms with Gasteiger partial charge in [-0.05, 0) is 37.8 Å². The molecule has 166 valence electrons. The number of carbonyl (C=O) groups excluding carboxylic acids is 2. The fraction of sp³-hybridized carbons (Fsp3) is 0.381. The van der Waals surface area contributed by atoms with Crippen molar-refractivity contribution in [3.8, 4) is 10.7 Å². The zero-order valence-corrected chi connectivity index (χ0v) is 19.1. The van der Waals surface area contributed by atoms with E-state index in [2.05, 4.69) is 20.6 Å². The number of aromatic nitrogens is 3. The summed E-state index contributed by atoms with van der Waals surface area (Å²) >= 11 is 2.76. The lowest BCUT2D eigenvalue weighted by atomic mass is 9.99. The van der Waals surface area contributed by atoms with E-state index >= 15 is 0 Å². The van der Waals surface area contributed by atoms with Crippen molar-refractivity contribution in [2.45, 2.75) is 37.8 Å². The lowest BCUT2D eigenvalue weighted by Crippen LogP contribution is -2.27. The van der Waals surface area contributed by atoms with Crippen LogP contribution < -0.4 is 21.9 Å². The van der Waals surface area contributed by atoms with Crippen LogP contribution in [0, 0.1) is 0 Å². The average Bonchev–Trinajstić information content (AvgIpc) is 3.12. The van der Waals surface area contributed by atoms with Crippen LogP contribution in [0.15, 0.2) is 21.6 Å². The number of fused-ring (bicyclic) bond motifs is 2. The number of hydrogen-bond acceptors (Lipinski definition) is 8. The average molecular weight is 471 g/mol. The molecule has 1 spiro atoms. The van der Waals surface area contributed by atoms with E-state index < -0.39 is 0 Å². The maximum atomic E-state index is 13.1. The van der Waals surface area contributed by atoms with E-state index in [9.17, 15) is 14.4 Å². The van der Waals surface area contributed by atoms with Gasteiger partial charge in [0.1, 0.15) is 21.4 Å².